The zero-order valence-corrected chi connectivity index (χ0v) is 11.1. The summed E-state index contributed by atoms with van der Waals surface area (Å²) in [7, 11) is 0. The largest absolute Gasteiger partial charge is 0.384 e. The van der Waals surface area contributed by atoms with Gasteiger partial charge in [-0.15, -0.1) is 0 Å². The normalized spacial score (nSPS) is 14.2. The van der Waals surface area contributed by atoms with Crippen molar-refractivity contribution in [3.05, 3.63) is 70.5 Å². The molecule has 2 aromatic rings. The van der Waals surface area contributed by atoms with Gasteiger partial charge in [-0.05, 0) is 17.2 Å². The van der Waals surface area contributed by atoms with Crippen molar-refractivity contribution in [2.24, 2.45) is 5.73 Å². The number of hydrogen-bond donors (Lipinski definition) is 2. The highest BCUT2D eigenvalue weighted by Crippen LogP contribution is 2.25. The van der Waals surface area contributed by atoms with E-state index in [9.17, 15) is 4.39 Å². The van der Waals surface area contributed by atoms with Gasteiger partial charge in [0, 0.05) is 25.2 Å². The van der Waals surface area contributed by atoms with Crippen LogP contribution in [0.5, 0.6) is 0 Å². The number of nitrogens with zero attached hydrogens (tertiary/aromatic N) is 1. The van der Waals surface area contributed by atoms with Crippen LogP contribution in [0.25, 0.3) is 0 Å². The van der Waals surface area contributed by atoms with Crippen LogP contribution in [-0.2, 0) is 19.6 Å². The summed E-state index contributed by atoms with van der Waals surface area (Å²) in [5.74, 6) is -0.606. The Kier molecular flexibility index (Phi) is 3.24. The Morgan fingerprint density at radius 1 is 1.10 bits per heavy atom. The first-order chi connectivity index (χ1) is 9.65. The Morgan fingerprint density at radius 2 is 1.75 bits per heavy atom. The summed E-state index contributed by atoms with van der Waals surface area (Å²) in [4.78, 5) is 2.19. The number of nitrogens with one attached hydrogen (secondary N) is 1. The molecule has 0 spiro atoms. The monoisotopic (exact) mass is 269 g/mol. The van der Waals surface area contributed by atoms with E-state index in [0.29, 0.717) is 12.1 Å². The summed E-state index contributed by atoms with van der Waals surface area (Å²) in [6.45, 7) is 2.20. The van der Waals surface area contributed by atoms with E-state index in [4.69, 9.17) is 11.1 Å². The average molecular weight is 269 g/mol. The van der Waals surface area contributed by atoms with Crippen molar-refractivity contribution in [3.63, 3.8) is 0 Å². The lowest BCUT2D eigenvalue weighted by atomic mass is 10.1. The Labute approximate surface area is 117 Å². The standard InChI is InChI=1S/C16H16FN3/c17-15-13(6-3-7-14(15)16(18)19)10-20-8-11-4-1-2-5-12(11)9-20/h1-7H,8-10H2,(H3,18,19). The molecule has 102 valence electrons. The topological polar surface area (TPSA) is 53.1 Å². The number of fused-ring (bicyclic) bond motifs is 1. The molecule has 0 aliphatic carbocycles. The van der Waals surface area contributed by atoms with Crippen molar-refractivity contribution in [1.29, 1.82) is 5.41 Å². The summed E-state index contributed by atoms with van der Waals surface area (Å²) in [5, 5.41) is 7.39. The highest BCUT2D eigenvalue weighted by molar-refractivity contribution is 5.95. The van der Waals surface area contributed by atoms with Crippen LogP contribution in [0, 0.1) is 11.2 Å². The van der Waals surface area contributed by atoms with Crippen LogP contribution < -0.4 is 5.73 Å². The summed E-state index contributed by atoms with van der Waals surface area (Å²) in [6, 6.07) is 13.3. The number of halogens is 1. The lowest BCUT2D eigenvalue weighted by Crippen LogP contribution is -2.19. The van der Waals surface area contributed by atoms with Crippen molar-refractivity contribution in [1.82, 2.24) is 4.90 Å². The number of nitrogen functional groups attached to an aromatic ring is 1. The van der Waals surface area contributed by atoms with E-state index in [2.05, 4.69) is 17.0 Å². The third kappa shape index (κ3) is 2.30. The summed E-state index contributed by atoms with van der Waals surface area (Å²) >= 11 is 0. The second-order valence-electron chi connectivity index (χ2n) is 5.11. The van der Waals surface area contributed by atoms with Crippen molar-refractivity contribution in [3.8, 4) is 0 Å². The van der Waals surface area contributed by atoms with Gasteiger partial charge in [0.25, 0.3) is 0 Å². The second kappa shape index (κ2) is 5.06. The van der Waals surface area contributed by atoms with Gasteiger partial charge in [-0.25, -0.2) is 4.39 Å². The van der Waals surface area contributed by atoms with E-state index in [-0.39, 0.29) is 17.2 Å². The molecule has 0 radical (unpaired) electrons. The molecule has 0 bridgehead atoms. The summed E-state index contributed by atoms with van der Waals surface area (Å²) in [6.07, 6.45) is 0. The highest BCUT2D eigenvalue weighted by Gasteiger charge is 2.20. The molecular formula is C16H16FN3. The fourth-order valence-corrected chi connectivity index (χ4v) is 2.67. The van der Waals surface area contributed by atoms with Crippen LogP contribution in [0.1, 0.15) is 22.3 Å². The van der Waals surface area contributed by atoms with Crippen molar-refractivity contribution in [2.45, 2.75) is 19.6 Å². The molecule has 1 aliphatic heterocycles. The van der Waals surface area contributed by atoms with Gasteiger partial charge in [0.05, 0.1) is 5.56 Å². The fourth-order valence-electron chi connectivity index (χ4n) is 2.67. The van der Waals surface area contributed by atoms with Crippen LogP contribution in [0.4, 0.5) is 4.39 Å². The van der Waals surface area contributed by atoms with Gasteiger partial charge < -0.3 is 5.73 Å². The molecule has 0 amide bonds. The van der Waals surface area contributed by atoms with Crippen LogP contribution in [-0.4, -0.2) is 10.7 Å². The van der Waals surface area contributed by atoms with E-state index in [0.717, 1.165) is 13.1 Å². The Bertz CT molecular complexity index is 642. The molecule has 3 N–H and O–H groups in total. The first kappa shape index (κ1) is 12.8. The van der Waals surface area contributed by atoms with Crippen molar-refractivity contribution in [2.75, 3.05) is 0 Å². The maximum Gasteiger partial charge on any atom is 0.138 e. The first-order valence-corrected chi connectivity index (χ1v) is 6.56. The molecule has 0 atom stereocenters. The molecule has 3 rings (SSSR count). The molecule has 1 aliphatic rings. The molecule has 3 nitrogen and oxygen atoms in total. The maximum absolute atomic E-state index is 14.3. The van der Waals surface area contributed by atoms with Crippen LogP contribution in [0.15, 0.2) is 42.5 Å². The zero-order valence-electron chi connectivity index (χ0n) is 11.1. The Hall–Kier alpha value is -2.20. The number of rotatable bonds is 3. The average Bonchev–Trinajstić information content (AvgIpc) is 2.83. The lowest BCUT2D eigenvalue weighted by molar-refractivity contribution is 0.271. The van der Waals surface area contributed by atoms with Gasteiger partial charge in [0.1, 0.15) is 11.7 Å². The minimum Gasteiger partial charge on any atom is -0.384 e. The van der Waals surface area contributed by atoms with E-state index in [1.807, 2.05) is 12.1 Å². The third-order valence-electron chi connectivity index (χ3n) is 3.67. The molecule has 0 saturated heterocycles. The van der Waals surface area contributed by atoms with Gasteiger partial charge in [-0.2, -0.15) is 0 Å². The molecule has 0 saturated carbocycles. The van der Waals surface area contributed by atoms with E-state index in [1.165, 1.54) is 11.1 Å². The molecule has 4 heteroatoms. The van der Waals surface area contributed by atoms with Gasteiger partial charge >= 0.3 is 0 Å². The smallest absolute Gasteiger partial charge is 0.138 e. The van der Waals surface area contributed by atoms with Crippen LogP contribution in [0.3, 0.4) is 0 Å². The quantitative estimate of drug-likeness (QED) is 0.665. The molecule has 0 unspecified atom stereocenters. The molecule has 0 aromatic heterocycles. The minimum absolute atomic E-state index is 0.180. The molecular weight excluding hydrogens is 253 g/mol. The van der Waals surface area contributed by atoms with E-state index in [1.54, 1.807) is 18.2 Å². The van der Waals surface area contributed by atoms with E-state index >= 15 is 0 Å². The highest BCUT2D eigenvalue weighted by atomic mass is 19.1. The minimum atomic E-state index is -0.379. The maximum atomic E-state index is 14.3. The predicted molar refractivity (Wildman–Crippen MR) is 76.8 cm³/mol. The van der Waals surface area contributed by atoms with Gasteiger partial charge in [0.2, 0.25) is 0 Å². The number of amidine groups is 1. The second-order valence-corrected chi connectivity index (χ2v) is 5.11. The molecule has 20 heavy (non-hydrogen) atoms. The van der Waals surface area contributed by atoms with Gasteiger partial charge in [0.15, 0.2) is 0 Å². The molecule has 1 heterocycles. The lowest BCUT2D eigenvalue weighted by Gasteiger charge is -2.16. The Morgan fingerprint density at radius 3 is 2.35 bits per heavy atom. The fraction of sp³-hybridized carbons (Fsp3) is 0.188. The number of benzene rings is 2. The van der Waals surface area contributed by atoms with Crippen molar-refractivity contribution < 1.29 is 4.39 Å². The van der Waals surface area contributed by atoms with E-state index < -0.39 is 0 Å². The number of nitrogens with two attached hydrogens (primary N) is 1. The van der Waals surface area contributed by atoms with Crippen molar-refractivity contribution >= 4 is 5.84 Å². The summed E-state index contributed by atoms with van der Waals surface area (Å²) < 4.78 is 14.3. The molecule has 2 aromatic carbocycles. The van der Waals surface area contributed by atoms with Crippen LogP contribution in [0.2, 0.25) is 0 Å². The van der Waals surface area contributed by atoms with Gasteiger partial charge in [-0.1, -0.05) is 36.4 Å². The first-order valence-electron chi connectivity index (χ1n) is 6.56. The predicted octanol–water partition coefficient (Wildman–Crippen LogP) is 2.63. The summed E-state index contributed by atoms with van der Waals surface area (Å²) in [5.41, 5.74) is 8.76. The van der Waals surface area contributed by atoms with Gasteiger partial charge in [-0.3, -0.25) is 10.3 Å². The van der Waals surface area contributed by atoms with Crippen LogP contribution >= 0.6 is 0 Å². The Balaban J connectivity index is 1.81. The SMILES string of the molecule is N=C(N)c1cccc(CN2Cc3ccccc3C2)c1F. The third-order valence-corrected chi connectivity index (χ3v) is 3.67. The molecule has 0 fully saturated rings. The zero-order chi connectivity index (χ0) is 14.1. The number of hydrogen-bond acceptors (Lipinski definition) is 2.